The van der Waals surface area contributed by atoms with E-state index in [0.29, 0.717) is 11.2 Å². The zero-order valence-corrected chi connectivity index (χ0v) is 16.6. The van der Waals surface area contributed by atoms with Crippen molar-refractivity contribution in [3.8, 4) is 0 Å². The Balaban J connectivity index is 1.29. The number of carbonyl (C=O) groups is 1. The summed E-state index contributed by atoms with van der Waals surface area (Å²) in [5.41, 5.74) is 2.93. The minimum Gasteiger partial charge on any atom is -0.351 e. The molecule has 2 aliphatic rings. The number of piperidine rings is 2. The second kappa shape index (κ2) is 7.91. The number of aromatic nitrogens is 3. The van der Waals surface area contributed by atoms with Crippen LogP contribution in [0.25, 0.3) is 0 Å². The van der Waals surface area contributed by atoms with Gasteiger partial charge in [-0.25, -0.2) is 0 Å². The van der Waals surface area contributed by atoms with Gasteiger partial charge < -0.3 is 9.42 Å². The molecule has 150 valence electrons. The molecular weight excluding hydrogens is 354 g/mol. The Morgan fingerprint density at radius 2 is 1.96 bits per heavy atom. The highest BCUT2D eigenvalue weighted by Crippen LogP contribution is 2.41. The van der Waals surface area contributed by atoms with Crippen molar-refractivity contribution >= 4 is 5.91 Å². The van der Waals surface area contributed by atoms with E-state index in [2.05, 4.69) is 28.7 Å². The first-order valence-corrected chi connectivity index (χ1v) is 10.1. The van der Waals surface area contributed by atoms with Gasteiger partial charge in [0, 0.05) is 37.0 Å². The molecule has 2 aliphatic heterocycles. The summed E-state index contributed by atoms with van der Waals surface area (Å²) in [5.74, 6) is 0.315. The number of hydrogen-bond acceptors (Lipinski definition) is 5. The lowest BCUT2D eigenvalue weighted by Crippen LogP contribution is -2.48. The summed E-state index contributed by atoms with van der Waals surface area (Å²) in [6, 6.07) is 1.64. The van der Waals surface area contributed by atoms with Crippen molar-refractivity contribution in [2.45, 2.75) is 45.7 Å². The van der Waals surface area contributed by atoms with E-state index >= 15 is 0 Å². The smallest absolute Gasteiger partial charge is 0.292 e. The number of nitrogens with zero attached hydrogens (tertiary/aromatic N) is 5. The second-order valence-electron chi connectivity index (χ2n) is 8.17. The van der Waals surface area contributed by atoms with Crippen molar-refractivity contribution < 1.29 is 9.32 Å². The molecular formula is C21H29N5O2. The van der Waals surface area contributed by atoms with Gasteiger partial charge in [0.15, 0.2) is 0 Å². The summed E-state index contributed by atoms with van der Waals surface area (Å²) < 4.78 is 7.03. The predicted molar refractivity (Wildman–Crippen MR) is 106 cm³/mol. The van der Waals surface area contributed by atoms with E-state index in [1.807, 2.05) is 21.9 Å². The van der Waals surface area contributed by atoms with Crippen molar-refractivity contribution in [1.29, 1.82) is 0 Å². The summed E-state index contributed by atoms with van der Waals surface area (Å²) in [6.45, 7) is 11.5. The third-order valence-corrected chi connectivity index (χ3v) is 6.58. The highest BCUT2D eigenvalue weighted by molar-refractivity contribution is 5.91. The molecule has 0 N–H and O–H groups in total. The molecule has 1 spiro atoms. The van der Waals surface area contributed by atoms with Crippen LogP contribution in [-0.4, -0.2) is 56.8 Å². The largest absolute Gasteiger partial charge is 0.351 e. The molecule has 2 aromatic rings. The fourth-order valence-electron chi connectivity index (χ4n) is 4.54. The third-order valence-electron chi connectivity index (χ3n) is 6.58. The Kier molecular flexibility index (Phi) is 5.35. The average molecular weight is 383 g/mol. The maximum absolute atomic E-state index is 12.4. The lowest BCUT2D eigenvalue weighted by molar-refractivity contribution is 0.0265. The first-order valence-electron chi connectivity index (χ1n) is 10.1. The van der Waals surface area contributed by atoms with Crippen LogP contribution in [0.3, 0.4) is 0 Å². The molecule has 0 bridgehead atoms. The van der Waals surface area contributed by atoms with E-state index in [4.69, 9.17) is 4.52 Å². The standard InChI is InChI=1S/C21H29N5O2/c1-3-10-26-17(2)18(15-22-26)16-24-11-5-21(6-12-24)7-13-25(14-8-21)20(27)19-4-9-23-28-19/h3-4,9,15H,1,5-8,10-14,16H2,2H3. The van der Waals surface area contributed by atoms with Gasteiger partial charge in [-0.05, 0) is 51.1 Å². The quantitative estimate of drug-likeness (QED) is 0.743. The highest BCUT2D eigenvalue weighted by atomic mass is 16.5. The lowest BCUT2D eigenvalue weighted by atomic mass is 9.71. The van der Waals surface area contributed by atoms with Crippen molar-refractivity contribution in [3.05, 3.63) is 48.1 Å². The molecule has 1 amide bonds. The topological polar surface area (TPSA) is 67.4 Å². The predicted octanol–water partition coefficient (Wildman–Crippen LogP) is 2.88. The molecule has 0 aromatic carbocycles. The summed E-state index contributed by atoms with van der Waals surface area (Å²) >= 11 is 0. The van der Waals surface area contributed by atoms with Crippen molar-refractivity contribution in [2.75, 3.05) is 26.2 Å². The fourth-order valence-corrected chi connectivity index (χ4v) is 4.54. The Labute approximate surface area is 166 Å². The number of carbonyl (C=O) groups excluding carboxylic acids is 1. The van der Waals surface area contributed by atoms with E-state index in [9.17, 15) is 4.79 Å². The van der Waals surface area contributed by atoms with Crippen LogP contribution in [0.1, 0.15) is 47.5 Å². The number of likely N-dealkylation sites (tertiary alicyclic amines) is 2. The number of allylic oxidation sites excluding steroid dienone is 1. The molecule has 0 aliphatic carbocycles. The minimum absolute atomic E-state index is 0.0307. The first-order chi connectivity index (χ1) is 13.6. The van der Waals surface area contributed by atoms with E-state index < -0.39 is 0 Å². The maximum Gasteiger partial charge on any atom is 0.292 e. The second-order valence-corrected chi connectivity index (χ2v) is 8.17. The lowest BCUT2D eigenvalue weighted by Gasteiger charge is -2.46. The Hall–Kier alpha value is -2.41. The van der Waals surface area contributed by atoms with E-state index in [0.717, 1.165) is 52.1 Å². The number of amides is 1. The summed E-state index contributed by atoms with van der Waals surface area (Å²) in [6.07, 6.45) is 9.98. The Morgan fingerprint density at radius 3 is 2.61 bits per heavy atom. The zero-order valence-electron chi connectivity index (χ0n) is 16.6. The number of rotatable bonds is 5. The Morgan fingerprint density at radius 1 is 1.25 bits per heavy atom. The van der Waals surface area contributed by atoms with Gasteiger partial charge in [0.1, 0.15) is 0 Å². The zero-order chi connectivity index (χ0) is 19.6. The SMILES string of the molecule is C=CCn1ncc(CN2CCC3(CC2)CCN(C(=O)c2ccno2)CC3)c1C. The van der Waals surface area contributed by atoms with Crippen LogP contribution in [-0.2, 0) is 13.1 Å². The van der Waals surface area contributed by atoms with Gasteiger partial charge in [0.2, 0.25) is 5.76 Å². The fraction of sp³-hybridized carbons (Fsp3) is 0.571. The van der Waals surface area contributed by atoms with Crippen LogP contribution in [0.15, 0.2) is 35.6 Å². The summed E-state index contributed by atoms with van der Waals surface area (Å²) in [4.78, 5) is 16.9. The molecule has 0 unspecified atom stereocenters. The molecule has 0 saturated carbocycles. The summed E-state index contributed by atoms with van der Waals surface area (Å²) in [7, 11) is 0. The van der Waals surface area contributed by atoms with Crippen molar-refractivity contribution in [1.82, 2.24) is 24.7 Å². The molecule has 7 heteroatoms. The third kappa shape index (κ3) is 3.76. The van der Waals surface area contributed by atoms with Crippen LogP contribution in [0.5, 0.6) is 0 Å². The first kappa shape index (κ1) is 18.9. The van der Waals surface area contributed by atoms with Crippen molar-refractivity contribution in [3.63, 3.8) is 0 Å². The normalized spacial score (nSPS) is 19.8. The van der Waals surface area contributed by atoms with Gasteiger partial charge in [0.05, 0.1) is 18.9 Å². The molecule has 28 heavy (non-hydrogen) atoms. The van der Waals surface area contributed by atoms with E-state index in [1.54, 1.807) is 6.07 Å². The molecule has 2 saturated heterocycles. The van der Waals surface area contributed by atoms with Gasteiger partial charge in [-0.2, -0.15) is 5.10 Å². The molecule has 2 aromatic heterocycles. The van der Waals surface area contributed by atoms with Gasteiger partial charge in [-0.15, -0.1) is 6.58 Å². The molecule has 4 rings (SSSR count). The monoisotopic (exact) mass is 383 g/mol. The Bertz CT molecular complexity index is 808. The van der Waals surface area contributed by atoms with Crippen LogP contribution in [0.4, 0.5) is 0 Å². The summed E-state index contributed by atoms with van der Waals surface area (Å²) in [5, 5.41) is 8.11. The van der Waals surface area contributed by atoms with Crippen LogP contribution >= 0.6 is 0 Å². The van der Waals surface area contributed by atoms with Crippen LogP contribution in [0.2, 0.25) is 0 Å². The molecule has 0 atom stereocenters. The highest BCUT2D eigenvalue weighted by Gasteiger charge is 2.39. The molecule has 4 heterocycles. The van der Waals surface area contributed by atoms with Gasteiger partial charge in [-0.3, -0.25) is 14.4 Å². The average Bonchev–Trinajstić information content (AvgIpc) is 3.36. The minimum atomic E-state index is -0.0307. The van der Waals surface area contributed by atoms with E-state index in [-0.39, 0.29) is 5.91 Å². The molecule has 7 nitrogen and oxygen atoms in total. The van der Waals surface area contributed by atoms with E-state index in [1.165, 1.54) is 30.3 Å². The number of hydrogen-bond donors (Lipinski definition) is 0. The van der Waals surface area contributed by atoms with Crippen LogP contribution < -0.4 is 0 Å². The van der Waals surface area contributed by atoms with Crippen LogP contribution in [0, 0.1) is 12.3 Å². The van der Waals surface area contributed by atoms with Crippen molar-refractivity contribution in [2.24, 2.45) is 5.41 Å². The van der Waals surface area contributed by atoms with Gasteiger partial charge >= 0.3 is 0 Å². The van der Waals surface area contributed by atoms with Gasteiger partial charge in [0.25, 0.3) is 5.91 Å². The molecule has 0 radical (unpaired) electrons. The maximum atomic E-state index is 12.4. The molecule has 2 fully saturated rings. The van der Waals surface area contributed by atoms with Gasteiger partial charge in [-0.1, -0.05) is 11.2 Å².